The number of rotatable bonds is 2. The zero-order chi connectivity index (χ0) is 15.5. The Morgan fingerprint density at radius 1 is 1.39 bits per heavy atom. The average molecular weight is 313 g/mol. The van der Waals surface area contributed by atoms with E-state index >= 15 is 0 Å². The highest BCUT2D eigenvalue weighted by atomic mass is 16.7. The molecule has 3 fully saturated rings. The van der Waals surface area contributed by atoms with Gasteiger partial charge in [0.1, 0.15) is 5.60 Å². The van der Waals surface area contributed by atoms with Crippen molar-refractivity contribution in [3.8, 4) is 0 Å². The van der Waals surface area contributed by atoms with E-state index in [9.17, 15) is 0 Å². The smallest absolute Gasteiger partial charge is 0.155 e. The second kappa shape index (κ2) is 4.68. The number of aliphatic imine (C=N–C) groups is 2. The molecular weight excluding hydrogens is 290 g/mol. The number of hydrogen-bond acceptors (Lipinski definition) is 6. The molecular formula is C17H23N5O. The minimum atomic E-state index is -0.370. The van der Waals surface area contributed by atoms with Crippen LogP contribution in [0.15, 0.2) is 33.0 Å². The summed E-state index contributed by atoms with van der Waals surface area (Å²) in [7, 11) is 0. The monoisotopic (exact) mass is 313 g/mol. The fourth-order valence-electron chi connectivity index (χ4n) is 3.84. The molecule has 0 bridgehead atoms. The van der Waals surface area contributed by atoms with Gasteiger partial charge >= 0.3 is 0 Å². The molecule has 1 spiro atoms. The van der Waals surface area contributed by atoms with Crippen molar-refractivity contribution in [1.82, 2.24) is 16.3 Å². The molecule has 2 saturated carbocycles. The number of hydroxylamine groups is 1. The summed E-state index contributed by atoms with van der Waals surface area (Å²) in [5, 5.41) is 0. The minimum Gasteiger partial charge on any atom is -0.326 e. The summed E-state index contributed by atoms with van der Waals surface area (Å²) >= 11 is 0. The molecule has 122 valence electrons. The Morgan fingerprint density at radius 2 is 2.26 bits per heavy atom. The van der Waals surface area contributed by atoms with Crippen molar-refractivity contribution in [3.63, 3.8) is 0 Å². The van der Waals surface area contributed by atoms with Gasteiger partial charge in [-0.3, -0.25) is 20.3 Å². The van der Waals surface area contributed by atoms with Crippen molar-refractivity contribution in [2.45, 2.75) is 69.2 Å². The number of allylic oxidation sites excluding steroid dienone is 1. The molecule has 0 amide bonds. The van der Waals surface area contributed by atoms with E-state index in [-0.39, 0.29) is 11.3 Å². The topological polar surface area (TPSA) is 70.0 Å². The second-order valence-corrected chi connectivity index (χ2v) is 7.32. The van der Waals surface area contributed by atoms with E-state index in [1.807, 2.05) is 12.4 Å². The normalized spacial score (nSPS) is 39.0. The van der Waals surface area contributed by atoms with Crippen LogP contribution in [0.4, 0.5) is 0 Å². The molecule has 0 radical (unpaired) electrons. The van der Waals surface area contributed by atoms with Crippen LogP contribution in [0.1, 0.15) is 51.9 Å². The average Bonchev–Trinajstić information content (AvgIpc) is 3.08. The molecule has 1 unspecified atom stereocenters. The predicted octanol–water partition coefficient (Wildman–Crippen LogP) is 1.87. The van der Waals surface area contributed by atoms with Gasteiger partial charge in [-0.1, -0.05) is 6.92 Å². The second-order valence-electron chi connectivity index (χ2n) is 7.32. The van der Waals surface area contributed by atoms with Crippen LogP contribution in [0.25, 0.3) is 0 Å². The van der Waals surface area contributed by atoms with E-state index in [4.69, 9.17) is 14.8 Å². The molecule has 2 aliphatic carbocycles. The number of hydrazine groups is 1. The summed E-state index contributed by atoms with van der Waals surface area (Å²) in [6.45, 7) is 2.15. The molecule has 5 aliphatic rings. The molecule has 6 nitrogen and oxygen atoms in total. The molecule has 0 aromatic carbocycles. The van der Waals surface area contributed by atoms with Gasteiger partial charge in [-0.15, -0.1) is 0 Å². The fraction of sp³-hybridized carbons (Fsp3) is 0.647. The van der Waals surface area contributed by atoms with Gasteiger partial charge in [-0.05, 0) is 38.5 Å². The Hall–Kier alpha value is -1.66. The molecule has 3 aliphatic heterocycles. The van der Waals surface area contributed by atoms with Crippen LogP contribution in [-0.2, 0) is 4.84 Å². The third kappa shape index (κ3) is 2.01. The van der Waals surface area contributed by atoms with Crippen molar-refractivity contribution >= 4 is 11.9 Å². The van der Waals surface area contributed by atoms with Crippen molar-refractivity contribution in [3.05, 3.63) is 23.0 Å². The lowest BCUT2D eigenvalue weighted by molar-refractivity contribution is -0.0997. The van der Waals surface area contributed by atoms with Crippen molar-refractivity contribution in [1.29, 1.82) is 0 Å². The largest absolute Gasteiger partial charge is 0.326 e. The van der Waals surface area contributed by atoms with Crippen molar-refractivity contribution < 1.29 is 4.84 Å². The number of fused-ring (bicyclic) bond motifs is 1. The van der Waals surface area contributed by atoms with E-state index < -0.39 is 0 Å². The van der Waals surface area contributed by atoms with Gasteiger partial charge < -0.3 is 5.43 Å². The standard InChI is InChI=1S/C17H23N5O/c1-2-17-13(10-19-22-17)15(20-11-4-5-11)12(9-18-17)14-8-16(23-21-14)6-3-7-16/h9-11,19,21-22H,2-8H2,1H3/b14-12+,20-15?. The summed E-state index contributed by atoms with van der Waals surface area (Å²) < 4.78 is 0. The van der Waals surface area contributed by atoms with Crippen molar-refractivity contribution in [2.75, 3.05) is 0 Å². The molecule has 0 aromatic rings. The Kier molecular flexibility index (Phi) is 2.79. The number of nitrogens with zero attached hydrogens (tertiary/aromatic N) is 2. The molecule has 5 rings (SSSR count). The van der Waals surface area contributed by atoms with Crippen LogP contribution in [0.3, 0.4) is 0 Å². The van der Waals surface area contributed by atoms with Crippen LogP contribution in [-0.4, -0.2) is 29.2 Å². The van der Waals surface area contributed by atoms with Gasteiger partial charge in [0.25, 0.3) is 0 Å². The summed E-state index contributed by atoms with van der Waals surface area (Å²) in [5.41, 5.74) is 13.8. The maximum atomic E-state index is 5.90. The Labute approximate surface area is 136 Å². The first-order valence-corrected chi connectivity index (χ1v) is 8.78. The van der Waals surface area contributed by atoms with Gasteiger partial charge in [0, 0.05) is 30.0 Å². The van der Waals surface area contributed by atoms with Gasteiger partial charge in [-0.25, -0.2) is 5.43 Å². The van der Waals surface area contributed by atoms with Crippen LogP contribution in [0.5, 0.6) is 0 Å². The summed E-state index contributed by atoms with van der Waals surface area (Å²) in [5.74, 6) is 0. The quantitative estimate of drug-likeness (QED) is 0.728. The zero-order valence-corrected chi connectivity index (χ0v) is 13.5. The zero-order valence-electron chi connectivity index (χ0n) is 13.5. The lowest BCUT2D eigenvalue weighted by Gasteiger charge is -2.34. The van der Waals surface area contributed by atoms with Gasteiger partial charge in [-0.2, -0.15) is 0 Å². The molecule has 1 saturated heterocycles. The van der Waals surface area contributed by atoms with E-state index in [1.54, 1.807) is 0 Å². The van der Waals surface area contributed by atoms with Crippen LogP contribution < -0.4 is 16.3 Å². The third-order valence-electron chi connectivity index (χ3n) is 5.72. The highest BCUT2D eigenvalue weighted by molar-refractivity contribution is 6.27. The Bertz CT molecular complexity index is 668. The number of hydrogen-bond donors (Lipinski definition) is 3. The maximum absolute atomic E-state index is 5.90. The highest BCUT2D eigenvalue weighted by Crippen LogP contribution is 2.45. The van der Waals surface area contributed by atoms with E-state index in [0.29, 0.717) is 6.04 Å². The first-order chi connectivity index (χ1) is 11.2. The molecule has 23 heavy (non-hydrogen) atoms. The van der Waals surface area contributed by atoms with Gasteiger partial charge in [0.05, 0.1) is 17.5 Å². The SMILES string of the molecule is CCC12N=C/C(=C3/CC4(CCC4)ON3)C(=NC3CC3)C1=CNN2. The Morgan fingerprint density at radius 3 is 2.91 bits per heavy atom. The molecule has 0 aromatic heterocycles. The predicted molar refractivity (Wildman–Crippen MR) is 88.8 cm³/mol. The molecule has 6 heteroatoms. The van der Waals surface area contributed by atoms with Crippen molar-refractivity contribution in [2.24, 2.45) is 9.98 Å². The molecule has 3 heterocycles. The number of nitrogens with one attached hydrogen (secondary N) is 3. The Balaban J connectivity index is 1.59. The van der Waals surface area contributed by atoms with E-state index in [1.165, 1.54) is 19.3 Å². The first-order valence-electron chi connectivity index (χ1n) is 8.78. The lowest BCUT2D eigenvalue weighted by Crippen LogP contribution is -2.48. The van der Waals surface area contributed by atoms with E-state index in [0.717, 1.165) is 48.2 Å². The van der Waals surface area contributed by atoms with Crippen LogP contribution in [0, 0.1) is 0 Å². The third-order valence-corrected chi connectivity index (χ3v) is 5.72. The highest BCUT2D eigenvalue weighted by Gasteiger charge is 2.47. The van der Waals surface area contributed by atoms with Gasteiger partial charge in [0.15, 0.2) is 5.66 Å². The van der Waals surface area contributed by atoms with E-state index in [2.05, 4.69) is 23.3 Å². The summed E-state index contributed by atoms with van der Waals surface area (Å²) in [4.78, 5) is 15.8. The molecule has 3 N–H and O–H groups in total. The van der Waals surface area contributed by atoms with Gasteiger partial charge in [0.2, 0.25) is 0 Å². The minimum absolute atomic E-state index is 0.0285. The lowest BCUT2D eigenvalue weighted by atomic mass is 9.76. The summed E-state index contributed by atoms with van der Waals surface area (Å²) in [6.07, 6.45) is 11.8. The maximum Gasteiger partial charge on any atom is 0.155 e. The fourth-order valence-corrected chi connectivity index (χ4v) is 3.84. The van der Waals surface area contributed by atoms with Crippen LogP contribution in [0.2, 0.25) is 0 Å². The molecule has 1 atom stereocenters. The summed E-state index contributed by atoms with van der Waals surface area (Å²) in [6, 6.07) is 0.475. The van der Waals surface area contributed by atoms with Crippen LogP contribution >= 0.6 is 0 Å². The first kappa shape index (κ1) is 13.7.